The molecule has 36 heavy (non-hydrogen) atoms. The number of ether oxygens (including phenoxy) is 2. The first kappa shape index (κ1) is 25.2. The number of methoxy groups -OCH3 is 2. The van der Waals surface area contributed by atoms with Gasteiger partial charge in [0.2, 0.25) is 11.7 Å². The number of aromatic nitrogens is 4. The van der Waals surface area contributed by atoms with Crippen molar-refractivity contribution in [3.05, 3.63) is 48.5 Å². The maximum Gasteiger partial charge on any atom is 0.251 e. The van der Waals surface area contributed by atoms with Gasteiger partial charge in [-0.05, 0) is 54.8 Å². The average Bonchev–Trinajstić information content (AvgIpc) is 3.59. The van der Waals surface area contributed by atoms with Crippen LogP contribution in [0.2, 0.25) is 0 Å². The number of amides is 2. The second kappa shape index (κ2) is 11.7. The quantitative estimate of drug-likeness (QED) is 0.462. The van der Waals surface area contributed by atoms with Crippen molar-refractivity contribution in [1.82, 2.24) is 25.5 Å². The molecule has 1 N–H and O–H groups in total. The predicted octanol–water partition coefficient (Wildman–Crippen LogP) is 3.23. The van der Waals surface area contributed by atoms with Crippen molar-refractivity contribution in [1.29, 1.82) is 0 Å². The summed E-state index contributed by atoms with van der Waals surface area (Å²) in [6, 6.07) is 14.0. The summed E-state index contributed by atoms with van der Waals surface area (Å²) in [6.45, 7) is 1.74. The summed E-state index contributed by atoms with van der Waals surface area (Å²) in [5.74, 6) is 1.03. The number of benzene rings is 2. The van der Waals surface area contributed by atoms with Gasteiger partial charge in [0.25, 0.3) is 5.91 Å². The van der Waals surface area contributed by atoms with E-state index in [0.717, 1.165) is 25.7 Å². The fourth-order valence-electron chi connectivity index (χ4n) is 4.54. The van der Waals surface area contributed by atoms with E-state index in [0.29, 0.717) is 35.0 Å². The lowest BCUT2D eigenvalue weighted by Gasteiger charge is -2.31. The summed E-state index contributed by atoms with van der Waals surface area (Å²) < 4.78 is 10.6. The number of anilines is 1. The number of hydrogen-bond acceptors (Lipinski definition) is 7. The highest BCUT2D eigenvalue weighted by molar-refractivity contribution is 6.00. The third-order valence-corrected chi connectivity index (χ3v) is 6.38. The van der Waals surface area contributed by atoms with Crippen LogP contribution < -0.4 is 19.7 Å². The van der Waals surface area contributed by atoms with E-state index in [-0.39, 0.29) is 24.4 Å². The van der Waals surface area contributed by atoms with E-state index in [1.807, 2.05) is 37.3 Å². The molecule has 2 amide bonds. The first-order valence-corrected chi connectivity index (χ1v) is 12.2. The van der Waals surface area contributed by atoms with Crippen molar-refractivity contribution in [2.45, 2.75) is 57.7 Å². The second-order valence-electron chi connectivity index (χ2n) is 8.73. The van der Waals surface area contributed by atoms with Gasteiger partial charge in [-0.25, -0.2) is 0 Å². The van der Waals surface area contributed by atoms with Crippen molar-refractivity contribution >= 4 is 17.5 Å². The fourth-order valence-corrected chi connectivity index (χ4v) is 4.54. The highest BCUT2D eigenvalue weighted by Gasteiger charge is 2.32. The normalized spacial score (nSPS) is 14.3. The molecule has 0 saturated heterocycles. The molecule has 190 valence electrons. The molecule has 1 atom stereocenters. The van der Waals surface area contributed by atoms with E-state index in [9.17, 15) is 9.59 Å². The van der Waals surface area contributed by atoms with Gasteiger partial charge < -0.3 is 14.8 Å². The molecule has 2 aromatic carbocycles. The Bertz CT molecular complexity index is 1180. The van der Waals surface area contributed by atoms with E-state index in [1.54, 1.807) is 37.3 Å². The van der Waals surface area contributed by atoms with Crippen LogP contribution in [-0.4, -0.2) is 58.3 Å². The van der Waals surface area contributed by atoms with Crippen LogP contribution in [0, 0.1) is 0 Å². The topological polar surface area (TPSA) is 111 Å². The number of tetrazole rings is 1. The summed E-state index contributed by atoms with van der Waals surface area (Å²) in [6.07, 6.45) is 4.65. The Morgan fingerprint density at radius 1 is 1.08 bits per heavy atom. The number of rotatable bonds is 10. The average molecular weight is 493 g/mol. The zero-order valence-corrected chi connectivity index (χ0v) is 20.9. The monoisotopic (exact) mass is 492 g/mol. The van der Waals surface area contributed by atoms with Crippen LogP contribution in [0.1, 0.15) is 39.0 Å². The van der Waals surface area contributed by atoms with Gasteiger partial charge in [0, 0.05) is 17.3 Å². The third kappa shape index (κ3) is 5.64. The second-order valence-corrected chi connectivity index (χ2v) is 8.73. The summed E-state index contributed by atoms with van der Waals surface area (Å²) >= 11 is 0. The molecule has 1 aliphatic carbocycles. The summed E-state index contributed by atoms with van der Waals surface area (Å²) in [5.41, 5.74) is 1.32. The van der Waals surface area contributed by atoms with Gasteiger partial charge in [0.1, 0.15) is 12.6 Å². The van der Waals surface area contributed by atoms with Gasteiger partial charge in [-0.2, -0.15) is 4.80 Å². The third-order valence-electron chi connectivity index (χ3n) is 6.38. The van der Waals surface area contributed by atoms with E-state index in [1.165, 1.54) is 4.80 Å². The van der Waals surface area contributed by atoms with Crippen LogP contribution in [0.3, 0.4) is 0 Å². The Hall–Kier alpha value is -3.95. The van der Waals surface area contributed by atoms with E-state index in [4.69, 9.17) is 9.47 Å². The SMILES string of the molecule is CCC(C(=O)NC1CCCC1)N(C(=O)Cn1nnc(-c2ccc(OC)c(OC)c2)n1)c1ccccc1. The number of carbonyl (C=O) groups excluding carboxylic acids is 2. The Balaban J connectivity index is 1.55. The molecular formula is C26H32N6O4. The lowest BCUT2D eigenvalue weighted by molar-refractivity contribution is -0.127. The largest absolute Gasteiger partial charge is 0.493 e. The van der Waals surface area contributed by atoms with Crippen LogP contribution in [-0.2, 0) is 16.1 Å². The van der Waals surface area contributed by atoms with Gasteiger partial charge in [0.15, 0.2) is 11.5 Å². The molecule has 0 aliphatic heterocycles. The van der Waals surface area contributed by atoms with Crippen LogP contribution in [0.25, 0.3) is 11.4 Å². The van der Waals surface area contributed by atoms with Crippen LogP contribution in [0.15, 0.2) is 48.5 Å². The van der Waals surface area contributed by atoms with Gasteiger partial charge in [0.05, 0.1) is 14.2 Å². The van der Waals surface area contributed by atoms with Crippen molar-refractivity contribution in [3.8, 4) is 22.9 Å². The van der Waals surface area contributed by atoms with E-state index in [2.05, 4.69) is 20.7 Å². The highest BCUT2D eigenvalue weighted by atomic mass is 16.5. The maximum atomic E-state index is 13.6. The molecule has 3 aromatic rings. The zero-order chi connectivity index (χ0) is 25.5. The van der Waals surface area contributed by atoms with Gasteiger partial charge >= 0.3 is 0 Å². The Kier molecular flexibility index (Phi) is 8.14. The van der Waals surface area contributed by atoms with Gasteiger partial charge in [-0.3, -0.25) is 14.5 Å². The summed E-state index contributed by atoms with van der Waals surface area (Å²) in [5, 5.41) is 15.7. The lowest BCUT2D eigenvalue weighted by Crippen LogP contribution is -2.52. The lowest BCUT2D eigenvalue weighted by atomic mass is 10.1. The number of para-hydroxylation sites is 1. The summed E-state index contributed by atoms with van der Waals surface area (Å²) in [4.78, 5) is 29.6. The van der Waals surface area contributed by atoms with E-state index < -0.39 is 6.04 Å². The van der Waals surface area contributed by atoms with Crippen LogP contribution in [0.5, 0.6) is 11.5 Å². The molecule has 1 fully saturated rings. The van der Waals surface area contributed by atoms with Crippen molar-refractivity contribution < 1.29 is 19.1 Å². The van der Waals surface area contributed by atoms with Gasteiger partial charge in [-0.15, -0.1) is 10.2 Å². The molecule has 1 aliphatic rings. The molecule has 1 aromatic heterocycles. The smallest absolute Gasteiger partial charge is 0.251 e. The number of hydrogen-bond donors (Lipinski definition) is 1. The standard InChI is InChI=1S/C26H32N6O4/c1-4-21(26(34)27-19-10-8-9-11-19)32(20-12-6-5-7-13-20)24(33)17-31-29-25(28-30-31)18-14-15-22(35-2)23(16-18)36-3/h5-7,12-16,19,21H,4,8-11,17H2,1-3H3,(H,27,34). The predicted molar refractivity (Wildman–Crippen MR) is 135 cm³/mol. The molecule has 10 heteroatoms. The number of carbonyl (C=O) groups is 2. The molecular weight excluding hydrogens is 460 g/mol. The molecule has 0 radical (unpaired) electrons. The first-order chi connectivity index (χ1) is 17.5. The minimum absolute atomic E-state index is 0.140. The maximum absolute atomic E-state index is 13.6. The fraction of sp³-hybridized carbons (Fsp3) is 0.423. The molecule has 4 rings (SSSR count). The Labute approximate surface area is 210 Å². The minimum atomic E-state index is -0.644. The van der Waals surface area contributed by atoms with Crippen LogP contribution in [0.4, 0.5) is 5.69 Å². The van der Waals surface area contributed by atoms with Crippen LogP contribution >= 0.6 is 0 Å². The molecule has 0 spiro atoms. The first-order valence-electron chi connectivity index (χ1n) is 12.2. The Morgan fingerprint density at radius 3 is 2.47 bits per heavy atom. The number of nitrogens with zero attached hydrogens (tertiary/aromatic N) is 5. The number of nitrogens with one attached hydrogen (secondary N) is 1. The molecule has 0 bridgehead atoms. The minimum Gasteiger partial charge on any atom is -0.493 e. The van der Waals surface area contributed by atoms with Crippen molar-refractivity contribution in [3.63, 3.8) is 0 Å². The molecule has 1 saturated carbocycles. The highest BCUT2D eigenvalue weighted by Crippen LogP contribution is 2.30. The molecule has 1 heterocycles. The molecule has 10 nitrogen and oxygen atoms in total. The zero-order valence-electron chi connectivity index (χ0n) is 20.9. The summed E-state index contributed by atoms with van der Waals surface area (Å²) in [7, 11) is 3.11. The Morgan fingerprint density at radius 2 is 1.81 bits per heavy atom. The van der Waals surface area contributed by atoms with Gasteiger partial charge in [-0.1, -0.05) is 38.0 Å². The van der Waals surface area contributed by atoms with Crippen molar-refractivity contribution in [2.75, 3.05) is 19.1 Å². The molecule has 1 unspecified atom stereocenters. The van der Waals surface area contributed by atoms with Crippen molar-refractivity contribution in [2.24, 2.45) is 0 Å². The van der Waals surface area contributed by atoms with E-state index >= 15 is 0 Å².